The Morgan fingerprint density at radius 3 is 3.11 bits per heavy atom. The number of hydrogen-bond donors (Lipinski definition) is 1. The molecule has 0 saturated carbocycles. The van der Waals surface area contributed by atoms with Crippen molar-refractivity contribution in [2.45, 2.75) is 25.8 Å². The summed E-state index contributed by atoms with van der Waals surface area (Å²) in [5, 5.41) is 3.37. The van der Waals surface area contributed by atoms with Gasteiger partial charge in [-0.15, -0.1) is 0 Å². The number of piperidine rings is 1. The van der Waals surface area contributed by atoms with Crippen molar-refractivity contribution in [2.75, 3.05) is 32.1 Å². The highest BCUT2D eigenvalue weighted by atomic mass is 16.5. The van der Waals surface area contributed by atoms with Gasteiger partial charge in [-0.1, -0.05) is 0 Å². The minimum Gasteiger partial charge on any atom is -0.481 e. The molecule has 2 rings (SSSR count). The van der Waals surface area contributed by atoms with E-state index >= 15 is 0 Å². The highest BCUT2D eigenvalue weighted by molar-refractivity contribution is 5.48. The van der Waals surface area contributed by atoms with E-state index in [4.69, 9.17) is 4.74 Å². The van der Waals surface area contributed by atoms with Gasteiger partial charge in [-0.05, 0) is 38.8 Å². The van der Waals surface area contributed by atoms with E-state index in [1.807, 2.05) is 19.3 Å². The van der Waals surface area contributed by atoms with Crippen molar-refractivity contribution in [3.8, 4) is 5.88 Å². The van der Waals surface area contributed by atoms with Crippen molar-refractivity contribution in [1.82, 2.24) is 10.3 Å². The monoisotopic (exact) mass is 249 g/mol. The summed E-state index contributed by atoms with van der Waals surface area (Å²) < 4.78 is 5.19. The molecule has 1 saturated heterocycles. The minimum atomic E-state index is 0.566. The first-order valence-corrected chi connectivity index (χ1v) is 6.67. The Balaban J connectivity index is 2.07. The average Bonchev–Trinajstić information content (AvgIpc) is 2.46. The third-order valence-corrected chi connectivity index (χ3v) is 3.91. The Labute approximate surface area is 109 Å². The molecule has 1 aliphatic rings. The van der Waals surface area contributed by atoms with E-state index in [2.05, 4.69) is 28.2 Å². The lowest BCUT2D eigenvalue weighted by Crippen LogP contribution is -2.43. The molecule has 100 valence electrons. The molecular weight excluding hydrogens is 226 g/mol. The van der Waals surface area contributed by atoms with E-state index in [1.165, 1.54) is 18.5 Å². The van der Waals surface area contributed by atoms with E-state index in [1.54, 1.807) is 7.11 Å². The van der Waals surface area contributed by atoms with Crippen LogP contribution in [0.3, 0.4) is 0 Å². The van der Waals surface area contributed by atoms with Crippen molar-refractivity contribution in [3.63, 3.8) is 0 Å². The zero-order valence-corrected chi connectivity index (χ0v) is 11.5. The Hall–Kier alpha value is -1.29. The maximum atomic E-state index is 5.19. The van der Waals surface area contributed by atoms with Crippen LogP contribution < -0.4 is 15.0 Å². The molecule has 0 radical (unpaired) electrons. The number of anilines is 1. The first-order chi connectivity index (χ1) is 8.74. The van der Waals surface area contributed by atoms with E-state index in [-0.39, 0.29) is 0 Å². The number of nitrogens with one attached hydrogen (secondary N) is 1. The number of hydrogen-bond acceptors (Lipinski definition) is 4. The Morgan fingerprint density at radius 2 is 2.39 bits per heavy atom. The summed E-state index contributed by atoms with van der Waals surface area (Å²) in [5.41, 5.74) is 1.22. The standard InChI is InChI=1S/C14H23N3O/c1-11(15-2)12-5-4-8-17(10-12)13-6-7-16-14(9-13)18-3/h6-7,9,11-12,15H,4-5,8,10H2,1-3H3. The molecule has 0 bridgehead atoms. The number of ether oxygens (including phenoxy) is 1. The molecule has 0 aliphatic carbocycles. The largest absolute Gasteiger partial charge is 0.481 e. The molecule has 2 heterocycles. The quantitative estimate of drug-likeness (QED) is 0.884. The van der Waals surface area contributed by atoms with Crippen molar-refractivity contribution >= 4 is 5.69 Å². The van der Waals surface area contributed by atoms with E-state index in [0.717, 1.165) is 13.1 Å². The van der Waals surface area contributed by atoms with Crippen LogP contribution in [-0.2, 0) is 0 Å². The van der Waals surface area contributed by atoms with Crippen LogP contribution in [0.5, 0.6) is 5.88 Å². The predicted molar refractivity (Wildman–Crippen MR) is 74.2 cm³/mol. The van der Waals surface area contributed by atoms with Crippen LogP contribution in [-0.4, -0.2) is 38.3 Å². The molecule has 1 aromatic rings. The molecule has 2 unspecified atom stereocenters. The summed E-state index contributed by atoms with van der Waals surface area (Å²) in [4.78, 5) is 6.60. The summed E-state index contributed by atoms with van der Waals surface area (Å²) in [7, 11) is 3.70. The van der Waals surface area contributed by atoms with Gasteiger partial charge in [0.25, 0.3) is 0 Å². The zero-order valence-electron chi connectivity index (χ0n) is 11.5. The molecule has 18 heavy (non-hydrogen) atoms. The molecule has 1 aromatic heterocycles. The van der Waals surface area contributed by atoms with Crippen LogP contribution >= 0.6 is 0 Å². The summed E-state index contributed by atoms with van der Waals surface area (Å²) in [6.07, 6.45) is 4.38. The summed E-state index contributed by atoms with van der Waals surface area (Å²) in [6, 6.07) is 4.65. The molecule has 4 nitrogen and oxygen atoms in total. The van der Waals surface area contributed by atoms with Crippen molar-refractivity contribution in [3.05, 3.63) is 18.3 Å². The van der Waals surface area contributed by atoms with Gasteiger partial charge in [-0.25, -0.2) is 4.98 Å². The molecule has 0 aromatic carbocycles. The van der Waals surface area contributed by atoms with Gasteiger partial charge < -0.3 is 15.0 Å². The molecule has 1 fully saturated rings. The number of methoxy groups -OCH3 is 1. The zero-order chi connectivity index (χ0) is 13.0. The SMILES string of the molecule is CNC(C)C1CCCN(c2ccnc(OC)c2)C1. The van der Waals surface area contributed by atoms with Gasteiger partial charge in [0.05, 0.1) is 7.11 Å². The summed E-state index contributed by atoms with van der Waals surface area (Å²) in [6.45, 7) is 4.50. The number of rotatable bonds is 4. The third kappa shape index (κ3) is 2.93. The summed E-state index contributed by atoms with van der Waals surface area (Å²) in [5.74, 6) is 1.40. The lowest BCUT2D eigenvalue weighted by atomic mass is 9.91. The average molecular weight is 249 g/mol. The van der Waals surface area contributed by atoms with Gasteiger partial charge in [0.2, 0.25) is 5.88 Å². The van der Waals surface area contributed by atoms with Gasteiger partial charge in [0.15, 0.2) is 0 Å². The van der Waals surface area contributed by atoms with Crippen LogP contribution in [0.25, 0.3) is 0 Å². The van der Waals surface area contributed by atoms with Crippen molar-refractivity contribution in [2.24, 2.45) is 5.92 Å². The van der Waals surface area contributed by atoms with Gasteiger partial charge in [-0.3, -0.25) is 0 Å². The maximum Gasteiger partial charge on any atom is 0.214 e. The fourth-order valence-electron chi connectivity index (χ4n) is 2.60. The number of aromatic nitrogens is 1. The van der Waals surface area contributed by atoms with Crippen LogP contribution in [0.2, 0.25) is 0 Å². The van der Waals surface area contributed by atoms with Crippen LogP contribution in [0.15, 0.2) is 18.3 Å². The highest BCUT2D eigenvalue weighted by Crippen LogP contribution is 2.26. The molecule has 1 aliphatic heterocycles. The molecule has 0 spiro atoms. The lowest BCUT2D eigenvalue weighted by Gasteiger charge is -2.37. The van der Waals surface area contributed by atoms with Gasteiger partial charge >= 0.3 is 0 Å². The molecule has 4 heteroatoms. The second kappa shape index (κ2) is 6.05. The normalized spacial score (nSPS) is 21.7. The lowest BCUT2D eigenvalue weighted by molar-refractivity contribution is 0.333. The van der Waals surface area contributed by atoms with Crippen molar-refractivity contribution in [1.29, 1.82) is 0 Å². The van der Waals surface area contributed by atoms with Gasteiger partial charge in [0, 0.05) is 37.1 Å². The maximum absolute atomic E-state index is 5.19. The Kier molecular flexibility index (Phi) is 4.42. The third-order valence-electron chi connectivity index (χ3n) is 3.91. The molecule has 2 atom stereocenters. The minimum absolute atomic E-state index is 0.566. The predicted octanol–water partition coefficient (Wildman–Crippen LogP) is 1.91. The fraction of sp³-hybridized carbons (Fsp3) is 0.643. The fourth-order valence-corrected chi connectivity index (χ4v) is 2.60. The van der Waals surface area contributed by atoms with E-state index < -0.39 is 0 Å². The highest BCUT2D eigenvalue weighted by Gasteiger charge is 2.24. The smallest absolute Gasteiger partial charge is 0.214 e. The number of pyridine rings is 1. The Morgan fingerprint density at radius 1 is 1.56 bits per heavy atom. The van der Waals surface area contributed by atoms with Crippen LogP contribution in [0.4, 0.5) is 5.69 Å². The summed E-state index contributed by atoms with van der Waals surface area (Å²) >= 11 is 0. The second-order valence-corrected chi connectivity index (χ2v) is 4.98. The van der Waals surface area contributed by atoms with E-state index in [9.17, 15) is 0 Å². The van der Waals surface area contributed by atoms with Gasteiger partial charge in [0.1, 0.15) is 0 Å². The first-order valence-electron chi connectivity index (χ1n) is 6.67. The topological polar surface area (TPSA) is 37.4 Å². The van der Waals surface area contributed by atoms with Crippen LogP contribution in [0.1, 0.15) is 19.8 Å². The Bertz CT molecular complexity index is 383. The molecule has 0 amide bonds. The molecular formula is C14H23N3O. The van der Waals surface area contributed by atoms with Crippen LogP contribution in [0, 0.1) is 5.92 Å². The van der Waals surface area contributed by atoms with Crippen molar-refractivity contribution < 1.29 is 4.74 Å². The first kappa shape index (κ1) is 13.1. The number of nitrogens with zero attached hydrogens (tertiary/aromatic N) is 2. The van der Waals surface area contributed by atoms with E-state index in [0.29, 0.717) is 17.8 Å². The van der Waals surface area contributed by atoms with Gasteiger partial charge in [-0.2, -0.15) is 0 Å². The second-order valence-electron chi connectivity index (χ2n) is 4.98. The molecule has 1 N–H and O–H groups in total.